The first-order chi connectivity index (χ1) is 28.1. The van der Waals surface area contributed by atoms with Crippen LogP contribution in [0.4, 0.5) is 11.4 Å². The van der Waals surface area contributed by atoms with E-state index < -0.39 is 0 Å². The molecule has 2 aromatic heterocycles. The highest BCUT2D eigenvalue weighted by Crippen LogP contribution is 2.43. The molecule has 4 aromatic carbocycles. The maximum Gasteiger partial charge on any atom is 0.265 e. The van der Waals surface area contributed by atoms with E-state index in [2.05, 4.69) is 46.9 Å². The minimum atomic E-state index is -0.0960. The van der Waals surface area contributed by atoms with Gasteiger partial charge < -0.3 is 10.2 Å². The van der Waals surface area contributed by atoms with Gasteiger partial charge in [-0.1, -0.05) is 78.6 Å². The molecule has 2 unspecified atom stereocenters. The molecule has 0 radical (unpaired) electrons. The van der Waals surface area contributed by atoms with E-state index in [1.807, 2.05) is 79.4 Å². The summed E-state index contributed by atoms with van der Waals surface area (Å²) in [6, 6.07) is 22.3. The molecule has 0 fully saturated rings. The molecular weight excluding hydrogens is 779 g/mol. The normalized spacial score (nSPS) is 16.4. The first kappa shape index (κ1) is 42.1. The average molecular weight is 834 g/mol. The third-order valence-corrected chi connectivity index (χ3v) is 12.4. The van der Waals surface area contributed by atoms with Gasteiger partial charge in [0.25, 0.3) is 11.1 Å². The van der Waals surface area contributed by atoms with Gasteiger partial charge in [-0.25, -0.2) is 9.97 Å². The Balaban J connectivity index is 0.000000180. The van der Waals surface area contributed by atoms with Gasteiger partial charge in [-0.2, -0.15) is 0 Å². The zero-order chi connectivity index (χ0) is 42.4. The molecule has 0 aliphatic carbocycles. The first-order valence-electron chi connectivity index (χ1n) is 20.8. The molecule has 8 rings (SSSR count). The van der Waals surface area contributed by atoms with Crippen molar-refractivity contribution in [1.82, 2.24) is 19.1 Å². The van der Waals surface area contributed by atoms with Crippen LogP contribution in [0, 0.1) is 11.8 Å². The van der Waals surface area contributed by atoms with Crippen molar-refractivity contribution in [2.45, 2.75) is 98.8 Å². The number of halogens is 2. The highest BCUT2D eigenvalue weighted by molar-refractivity contribution is 6.30. The largest absolute Gasteiger partial charge is 0.385 e. The summed E-state index contributed by atoms with van der Waals surface area (Å²) in [6.07, 6.45) is 1.92. The van der Waals surface area contributed by atoms with Crippen LogP contribution in [-0.2, 0) is 4.79 Å². The van der Waals surface area contributed by atoms with E-state index in [0.29, 0.717) is 50.9 Å². The maximum absolute atomic E-state index is 13.7. The van der Waals surface area contributed by atoms with Gasteiger partial charge in [0.05, 0.1) is 33.2 Å². The van der Waals surface area contributed by atoms with Crippen LogP contribution >= 0.6 is 23.2 Å². The van der Waals surface area contributed by atoms with Crippen LogP contribution in [0.25, 0.3) is 33.2 Å². The third kappa shape index (κ3) is 7.92. The summed E-state index contributed by atoms with van der Waals surface area (Å²) in [4.78, 5) is 51.6. The maximum atomic E-state index is 13.7. The molecule has 308 valence electrons. The molecule has 59 heavy (non-hydrogen) atoms. The number of hydrogen-bond donors (Lipinski definition) is 1. The topological polar surface area (TPSA) is 102 Å². The Hall–Kier alpha value is -4.99. The minimum Gasteiger partial charge on any atom is -0.385 e. The van der Waals surface area contributed by atoms with Gasteiger partial charge in [-0.3, -0.25) is 23.5 Å². The molecule has 2 aliphatic rings. The summed E-state index contributed by atoms with van der Waals surface area (Å²) in [5.74, 6) is 3.16. The number of nitrogens with zero attached hydrogens (tertiary/aromatic N) is 5. The minimum absolute atomic E-state index is 0.0152. The number of carbonyl (C=O) groups excluding carboxylic acids is 1. The van der Waals surface area contributed by atoms with Crippen LogP contribution in [0.15, 0.2) is 82.4 Å². The molecule has 2 aliphatic heterocycles. The zero-order valence-corrected chi connectivity index (χ0v) is 36.9. The van der Waals surface area contributed by atoms with E-state index in [9.17, 15) is 14.4 Å². The summed E-state index contributed by atoms with van der Waals surface area (Å²) >= 11 is 12.1. The lowest BCUT2D eigenvalue weighted by molar-refractivity contribution is -0.116. The van der Waals surface area contributed by atoms with Gasteiger partial charge in [-0.05, 0) is 109 Å². The summed E-state index contributed by atoms with van der Waals surface area (Å²) in [5.41, 5.74) is 7.22. The lowest BCUT2D eigenvalue weighted by atomic mass is 9.80. The highest BCUT2D eigenvalue weighted by Gasteiger charge is 2.33. The molecule has 1 amide bonds. The molecule has 1 N–H and O–H groups in total. The summed E-state index contributed by atoms with van der Waals surface area (Å²) in [6.45, 7) is 20.3. The molecule has 9 nitrogen and oxygen atoms in total. The molecule has 2 atom stereocenters. The number of anilines is 2. The van der Waals surface area contributed by atoms with Crippen molar-refractivity contribution in [2.24, 2.45) is 11.8 Å². The van der Waals surface area contributed by atoms with Gasteiger partial charge in [0.15, 0.2) is 0 Å². The molecule has 6 aromatic rings. The van der Waals surface area contributed by atoms with Crippen LogP contribution in [-0.4, -0.2) is 38.1 Å². The Kier molecular flexibility index (Phi) is 12.1. The molecular formula is C48H54Cl2N6O3. The number of nitrogens with one attached hydrogen (secondary N) is 1. The van der Waals surface area contributed by atoms with Crippen LogP contribution in [0.5, 0.6) is 0 Å². The van der Waals surface area contributed by atoms with Crippen molar-refractivity contribution in [3.63, 3.8) is 0 Å². The molecule has 0 saturated heterocycles. The first-order valence-corrected chi connectivity index (χ1v) is 21.6. The van der Waals surface area contributed by atoms with Crippen molar-refractivity contribution in [3.05, 3.63) is 126 Å². The second kappa shape index (κ2) is 16.9. The van der Waals surface area contributed by atoms with Crippen LogP contribution in [0.2, 0.25) is 10.0 Å². The monoisotopic (exact) mass is 832 g/mol. The summed E-state index contributed by atoms with van der Waals surface area (Å²) < 4.78 is 3.42. The smallest absolute Gasteiger partial charge is 0.265 e. The quantitative estimate of drug-likeness (QED) is 0.179. The molecule has 11 heteroatoms. The van der Waals surface area contributed by atoms with Gasteiger partial charge in [0.2, 0.25) is 5.91 Å². The lowest BCUT2D eigenvalue weighted by Crippen LogP contribution is -2.36. The van der Waals surface area contributed by atoms with Gasteiger partial charge in [0.1, 0.15) is 11.6 Å². The van der Waals surface area contributed by atoms with Crippen molar-refractivity contribution in [3.8, 4) is 11.4 Å². The Morgan fingerprint density at radius 3 is 1.56 bits per heavy atom. The van der Waals surface area contributed by atoms with Gasteiger partial charge in [0, 0.05) is 64.4 Å². The van der Waals surface area contributed by atoms with Gasteiger partial charge >= 0.3 is 0 Å². The molecule has 0 spiro atoms. The Morgan fingerprint density at radius 1 is 0.644 bits per heavy atom. The molecule has 0 bridgehead atoms. The Morgan fingerprint density at radius 2 is 1.10 bits per heavy atom. The van der Waals surface area contributed by atoms with Crippen molar-refractivity contribution < 1.29 is 4.79 Å². The summed E-state index contributed by atoms with van der Waals surface area (Å²) in [7, 11) is 0. The number of amides is 1. The third-order valence-electron chi connectivity index (χ3n) is 11.8. The van der Waals surface area contributed by atoms with E-state index in [0.717, 1.165) is 64.6 Å². The second-order valence-corrected chi connectivity index (χ2v) is 18.0. The second-order valence-electron chi connectivity index (χ2n) is 17.2. The van der Waals surface area contributed by atoms with Crippen LogP contribution in [0.3, 0.4) is 0 Å². The predicted octanol–water partition coefficient (Wildman–Crippen LogP) is 11.4. The molecule has 4 heterocycles. The number of fused-ring (bicyclic) bond motifs is 6. The number of rotatable bonds is 6. The standard InChI is InChI=1S/C25H28ClN3O2.C23H26ClN3O/c1-14(2)19-12-13-28(16(5)30)21-11-10-20-23(22(19)21)27-24(15(3)4)29(25(20)31)18-8-6-17(26)7-9-18;1-13(2)17-11-12-25-19-10-9-18-21(20(17)19)26-22(14(3)4)27(23(18)28)16-7-5-15(24)6-8-16/h6-11,14-15,19H,12-13H2,1-5H3;5-10,13-14,17,25H,11-12H2,1-4H3. The SMILES string of the molecule is CC(=O)N1CCC(C(C)C)c2c1ccc1c(=O)n(-c3ccc(Cl)cc3)c(C(C)C)nc21.CC(C)c1nc2c3c(ccc2c(=O)n1-c1ccc(Cl)cc1)NCCC3C(C)C. The predicted molar refractivity (Wildman–Crippen MR) is 244 cm³/mol. The van der Waals surface area contributed by atoms with Gasteiger partial charge in [-0.15, -0.1) is 0 Å². The average Bonchev–Trinajstić information content (AvgIpc) is 3.20. The van der Waals surface area contributed by atoms with Crippen LogP contribution in [0.1, 0.15) is 122 Å². The van der Waals surface area contributed by atoms with E-state index in [4.69, 9.17) is 33.2 Å². The van der Waals surface area contributed by atoms with E-state index >= 15 is 0 Å². The van der Waals surface area contributed by atoms with Crippen LogP contribution < -0.4 is 21.3 Å². The number of aromatic nitrogens is 4. The van der Waals surface area contributed by atoms with E-state index in [1.165, 1.54) is 5.56 Å². The van der Waals surface area contributed by atoms with Crippen molar-refractivity contribution >= 4 is 62.3 Å². The number of benzene rings is 4. The Labute approximate surface area is 356 Å². The van der Waals surface area contributed by atoms with Crippen molar-refractivity contribution in [1.29, 1.82) is 0 Å². The van der Waals surface area contributed by atoms with Crippen molar-refractivity contribution in [2.75, 3.05) is 23.3 Å². The van der Waals surface area contributed by atoms with E-state index in [-0.39, 0.29) is 34.8 Å². The number of hydrogen-bond acceptors (Lipinski definition) is 6. The molecule has 0 saturated carbocycles. The van der Waals surface area contributed by atoms with E-state index in [1.54, 1.807) is 28.2 Å². The lowest BCUT2D eigenvalue weighted by Gasteiger charge is -2.36. The summed E-state index contributed by atoms with van der Waals surface area (Å²) in [5, 5.41) is 6.02. The fourth-order valence-electron chi connectivity index (χ4n) is 8.85. The fraction of sp³-hybridized carbons (Fsp3) is 0.396. The number of carbonyl (C=O) groups is 1. The fourth-order valence-corrected chi connectivity index (χ4v) is 9.11. The zero-order valence-electron chi connectivity index (χ0n) is 35.4. The highest BCUT2D eigenvalue weighted by atomic mass is 35.5. The Bertz CT molecular complexity index is 2670.